The fraction of sp³-hybridized carbons (Fsp3) is 0.450. The molecule has 2 aromatic rings. The second-order valence-electron chi connectivity index (χ2n) is 7.34. The number of amides is 1. The Hall–Kier alpha value is -2.23. The Labute approximate surface area is 144 Å². The third kappa shape index (κ3) is 3.81. The van der Waals surface area contributed by atoms with Crippen molar-refractivity contribution in [1.82, 2.24) is 9.47 Å². The predicted octanol–water partition coefficient (Wildman–Crippen LogP) is 4.41. The van der Waals surface area contributed by atoms with Gasteiger partial charge in [0.25, 0.3) is 0 Å². The molecule has 1 atom stereocenters. The summed E-state index contributed by atoms with van der Waals surface area (Å²) >= 11 is 0. The normalized spacial score (nSPS) is 17.5. The molecular weight excluding hydrogens is 300 g/mol. The highest BCUT2D eigenvalue weighted by Gasteiger charge is 2.33. The Morgan fingerprint density at radius 1 is 1.12 bits per heavy atom. The summed E-state index contributed by atoms with van der Waals surface area (Å²) in [6.07, 6.45) is 3.72. The lowest BCUT2D eigenvalue weighted by atomic mass is 10.0. The van der Waals surface area contributed by atoms with Gasteiger partial charge < -0.3 is 9.30 Å². The van der Waals surface area contributed by atoms with Crippen molar-refractivity contribution < 1.29 is 9.53 Å². The number of aryl methyl sites for hydroxylation is 1. The fourth-order valence-corrected chi connectivity index (χ4v) is 3.26. The van der Waals surface area contributed by atoms with Crippen LogP contribution in [0.2, 0.25) is 0 Å². The van der Waals surface area contributed by atoms with E-state index in [1.807, 2.05) is 31.7 Å². The molecule has 128 valence electrons. The van der Waals surface area contributed by atoms with E-state index in [4.69, 9.17) is 4.74 Å². The van der Waals surface area contributed by atoms with Crippen LogP contribution >= 0.6 is 0 Å². The molecule has 0 aliphatic carbocycles. The molecule has 1 amide bonds. The molecule has 0 spiro atoms. The van der Waals surface area contributed by atoms with E-state index in [2.05, 4.69) is 47.2 Å². The zero-order chi connectivity index (χ0) is 17.2. The number of hydrogen-bond acceptors (Lipinski definition) is 2. The van der Waals surface area contributed by atoms with Gasteiger partial charge in [0, 0.05) is 25.0 Å². The van der Waals surface area contributed by atoms with E-state index >= 15 is 0 Å². The van der Waals surface area contributed by atoms with Crippen molar-refractivity contribution in [2.75, 3.05) is 6.54 Å². The lowest BCUT2D eigenvalue weighted by molar-refractivity contribution is 0.00961. The maximum Gasteiger partial charge on any atom is 0.410 e. The van der Waals surface area contributed by atoms with Crippen molar-refractivity contribution >= 4 is 6.09 Å². The van der Waals surface area contributed by atoms with Gasteiger partial charge in [-0.3, -0.25) is 4.90 Å². The SMILES string of the molecule is CC(C)(C)OC(=O)N1CCn2cccc2C1CCc1ccccc1. The van der Waals surface area contributed by atoms with Crippen LogP contribution in [0.1, 0.15) is 44.5 Å². The van der Waals surface area contributed by atoms with Crippen LogP contribution in [0.25, 0.3) is 0 Å². The molecule has 0 saturated heterocycles. The number of hydrogen-bond donors (Lipinski definition) is 0. The van der Waals surface area contributed by atoms with E-state index in [9.17, 15) is 4.79 Å². The van der Waals surface area contributed by atoms with Gasteiger partial charge >= 0.3 is 6.09 Å². The third-order valence-corrected chi connectivity index (χ3v) is 4.34. The summed E-state index contributed by atoms with van der Waals surface area (Å²) in [4.78, 5) is 14.6. The molecule has 0 fully saturated rings. The Bertz CT molecular complexity index is 685. The number of ether oxygens (including phenoxy) is 1. The highest BCUT2D eigenvalue weighted by Crippen LogP contribution is 2.31. The first-order valence-corrected chi connectivity index (χ1v) is 8.62. The molecule has 0 saturated carbocycles. The van der Waals surface area contributed by atoms with Crippen molar-refractivity contribution in [3.8, 4) is 0 Å². The minimum absolute atomic E-state index is 0.0591. The predicted molar refractivity (Wildman–Crippen MR) is 94.9 cm³/mol. The number of nitrogens with zero attached hydrogens (tertiary/aromatic N) is 2. The van der Waals surface area contributed by atoms with Crippen LogP contribution in [0.5, 0.6) is 0 Å². The summed E-state index contributed by atoms with van der Waals surface area (Å²) in [6, 6.07) is 14.7. The largest absolute Gasteiger partial charge is 0.444 e. The van der Waals surface area contributed by atoms with Gasteiger partial charge in [0.05, 0.1) is 6.04 Å². The molecule has 24 heavy (non-hydrogen) atoms. The summed E-state index contributed by atoms with van der Waals surface area (Å²) in [7, 11) is 0. The highest BCUT2D eigenvalue weighted by molar-refractivity contribution is 5.69. The van der Waals surface area contributed by atoms with Crippen LogP contribution in [-0.4, -0.2) is 27.7 Å². The first-order chi connectivity index (χ1) is 11.4. The first kappa shape index (κ1) is 16.6. The summed E-state index contributed by atoms with van der Waals surface area (Å²) in [5.74, 6) is 0. The number of rotatable bonds is 3. The Morgan fingerprint density at radius 3 is 2.58 bits per heavy atom. The van der Waals surface area contributed by atoms with Crippen LogP contribution in [0.15, 0.2) is 48.7 Å². The van der Waals surface area contributed by atoms with E-state index in [0.29, 0.717) is 6.54 Å². The molecular formula is C20H26N2O2. The van der Waals surface area contributed by atoms with Crippen molar-refractivity contribution in [3.63, 3.8) is 0 Å². The zero-order valence-corrected chi connectivity index (χ0v) is 14.7. The van der Waals surface area contributed by atoms with Crippen molar-refractivity contribution in [2.45, 2.75) is 51.8 Å². The highest BCUT2D eigenvalue weighted by atomic mass is 16.6. The minimum atomic E-state index is -0.472. The van der Waals surface area contributed by atoms with E-state index in [-0.39, 0.29) is 12.1 Å². The van der Waals surface area contributed by atoms with Gasteiger partial charge in [-0.2, -0.15) is 0 Å². The maximum atomic E-state index is 12.7. The quantitative estimate of drug-likeness (QED) is 0.837. The second-order valence-corrected chi connectivity index (χ2v) is 7.34. The third-order valence-electron chi connectivity index (χ3n) is 4.34. The molecule has 1 aromatic carbocycles. The molecule has 4 nitrogen and oxygen atoms in total. The molecule has 0 bridgehead atoms. The molecule has 4 heteroatoms. The van der Waals surface area contributed by atoms with Crippen LogP contribution in [0.4, 0.5) is 4.79 Å². The van der Waals surface area contributed by atoms with E-state index in [0.717, 1.165) is 19.4 Å². The topological polar surface area (TPSA) is 34.5 Å². The van der Waals surface area contributed by atoms with Gasteiger partial charge in [-0.25, -0.2) is 4.79 Å². The van der Waals surface area contributed by atoms with Crippen LogP contribution in [0.3, 0.4) is 0 Å². The lowest BCUT2D eigenvalue weighted by Crippen LogP contribution is -2.44. The fourth-order valence-electron chi connectivity index (χ4n) is 3.26. The minimum Gasteiger partial charge on any atom is -0.444 e. The smallest absolute Gasteiger partial charge is 0.410 e. The number of benzene rings is 1. The number of fused-ring (bicyclic) bond motifs is 1. The molecule has 1 aliphatic heterocycles. The zero-order valence-electron chi connectivity index (χ0n) is 14.7. The summed E-state index contributed by atoms with van der Waals surface area (Å²) in [5, 5.41) is 0. The van der Waals surface area contributed by atoms with Crippen molar-refractivity contribution in [2.24, 2.45) is 0 Å². The molecule has 1 unspecified atom stereocenters. The van der Waals surface area contributed by atoms with Gasteiger partial charge in [0.2, 0.25) is 0 Å². The monoisotopic (exact) mass is 326 g/mol. The van der Waals surface area contributed by atoms with E-state index < -0.39 is 5.60 Å². The summed E-state index contributed by atoms with van der Waals surface area (Å²) < 4.78 is 7.88. The van der Waals surface area contributed by atoms with Crippen molar-refractivity contribution in [3.05, 3.63) is 59.9 Å². The Kier molecular flexibility index (Phi) is 4.65. The Morgan fingerprint density at radius 2 is 1.88 bits per heavy atom. The molecule has 1 aliphatic rings. The van der Waals surface area contributed by atoms with Gasteiger partial charge in [-0.15, -0.1) is 0 Å². The van der Waals surface area contributed by atoms with E-state index in [1.165, 1.54) is 11.3 Å². The van der Waals surface area contributed by atoms with Crippen molar-refractivity contribution in [1.29, 1.82) is 0 Å². The molecule has 1 aromatic heterocycles. The standard InChI is InChI=1S/C20H26N2O2/c1-20(2,3)24-19(23)22-15-14-21-13-7-10-17(21)18(22)12-11-16-8-5-4-6-9-16/h4-10,13,18H,11-12,14-15H2,1-3H3. The summed E-state index contributed by atoms with van der Waals surface area (Å²) in [5.41, 5.74) is 2.02. The first-order valence-electron chi connectivity index (χ1n) is 8.62. The van der Waals surface area contributed by atoms with Gasteiger partial charge in [-0.1, -0.05) is 30.3 Å². The average molecular weight is 326 g/mol. The maximum absolute atomic E-state index is 12.7. The average Bonchev–Trinajstić information content (AvgIpc) is 3.00. The Balaban J connectivity index is 1.78. The van der Waals surface area contributed by atoms with Gasteiger partial charge in [0.15, 0.2) is 0 Å². The van der Waals surface area contributed by atoms with Crippen LogP contribution < -0.4 is 0 Å². The van der Waals surface area contributed by atoms with Gasteiger partial charge in [-0.05, 0) is 51.3 Å². The lowest BCUT2D eigenvalue weighted by Gasteiger charge is -2.38. The number of carbonyl (C=O) groups is 1. The molecule has 2 heterocycles. The summed E-state index contributed by atoms with van der Waals surface area (Å²) in [6.45, 7) is 7.25. The molecule has 3 rings (SSSR count). The second kappa shape index (κ2) is 6.71. The van der Waals surface area contributed by atoms with E-state index in [1.54, 1.807) is 0 Å². The number of carbonyl (C=O) groups excluding carboxylic acids is 1. The molecule has 0 radical (unpaired) electrons. The van der Waals surface area contributed by atoms with Gasteiger partial charge in [0.1, 0.15) is 5.60 Å². The van der Waals surface area contributed by atoms with Crippen LogP contribution in [0, 0.1) is 0 Å². The van der Waals surface area contributed by atoms with Crippen LogP contribution in [-0.2, 0) is 17.7 Å². The molecule has 0 N–H and O–H groups in total. The number of aromatic nitrogens is 1.